The third kappa shape index (κ3) is 4.03. The molecule has 0 saturated carbocycles. The van der Waals surface area contributed by atoms with Gasteiger partial charge < -0.3 is 4.74 Å². The van der Waals surface area contributed by atoms with Crippen LogP contribution in [0.25, 0.3) is 0 Å². The molecule has 0 radical (unpaired) electrons. The summed E-state index contributed by atoms with van der Waals surface area (Å²) < 4.78 is 7.53. The van der Waals surface area contributed by atoms with Crippen molar-refractivity contribution in [3.05, 3.63) is 32.7 Å². The monoisotopic (exact) mass is 376 g/mol. The highest BCUT2D eigenvalue weighted by Gasteiger charge is 2.20. The maximum Gasteiger partial charge on any atom is 0.0468 e. The molecule has 1 fully saturated rings. The van der Waals surface area contributed by atoms with E-state index < -0.39 is 0 Å². The molecule has 1 aliphatic heterocycles. The van der Waals surface area contributed by atoms with Crippen molar-refractivity contribution in [1.29, 1.82) is 0 Å². The largest absolute Gasteiger partial charge is 0.381 e. The van der Waals surface area contributed by atoms with Crippen molar-refractivity contribution in [1.82, 2.24) is 5.43 Å². The summed E-state index contributed by atoms with van der Waals surface area (Å²) in [4.78, 5) is 0. The van der Waals surface area contributed by atoms with E-state index in [0.29, 0.717) is 5.92 Å². The molecule has 0 bridgehead atoms. The summed E-state index contributed by atoms with van der Waals surface area (Å²) in [7, 11) is 0. The molecular weight excluding hydrogens is 360 g/mol. The van der Waals surface area contributed by atoms with E-state index in [4.69, 9.17) is 10.6 Å². The lowest BCUT2D eigenvalue weighted by molar-refractivity contribution is 0.0605. The first-order valence-electron chi connectivity index (χ1n) is 6.19. The molecule has 1 aliphatic rings. The average molecular weight is 378 g/mol. The van der Waals surface area contributed by atoms with Crippen molar-refractivity contribution in [2.75, 3.05) is 13.2 Å². The Bertz CT molecular complexity index is 374. The lowest BCUT2D eigenvalue weighted by atomic mass is 9.90. The summed E-state index contributed by atoms with van der Waals surface area (Å²) in [5, 5.41) is 0. The molecule has 2 rings (SSSR count). The van der Waals surface area contributed by atoms with Crippen molar-refractivity contribution in [2.45, 2.75) is 25.3 Å². The number of hydrazine groups is 1. The van der Waals surface area contributed by atoms with E-state index in [9.17, 15) is 0 Å². The molecule has 0 spiro atoms. The summed E-state index contributed by atoms with van der Waals surface area (Å²) >= 11 is 7.03. The highest BCUT2D eigenvalue weighted by molar-refractivity contribution is 9.11. The van der Waals surface area contributed by atoms with Crippen LogP contribution in [0.4, 0.5) is 0 Å². The Kier molecular flexibility index (Phi) is 5.63. The Labute approximate surface area is 125 Å². The Morgan fingerprint density at radius 2 is 1.83 bits per heavy atom. The lowest BCUT2D eigenvalue weighted by Crippen LogP contribution is -2.31. The van der Waals surface area contributed by atoms with Gasteiger partial charge in [0.15, 0.2) is 0 Å². The van der Waals surface area contributed by atoms with E-state index in [1.165, 1.54) is 5.56 Å². The van der Waals surface area contributed by atoms with Crippen LogP contribution in [0.5, 0.6) is 0 Å². The number of halogens is 2. The Balaban J connectivity index is 2.06. The molecule has 0 aliphatic carbocycles. The summed E-state index contributed by atoms with van der Waals surface area (Å²) in [6, 6.07) is 6.47. The summed E-state index contributed by atoms with van der Waals surface area (Å²) in [6.45, 7) is 1.76. The third-order valence-electron chi connectivity index (χ3n) is 3.40. The predicted molar refractivity (Wildman–Crippen MR) is 80.1 cm³/mol. The van der Waals surface area contributed by atoms with Crippen LogP contribution in [0, 0.1) is 5.92 Å². The van der Waals surface area contributed by atoms with E-state index in [-0.39, 0.29) is 6.04 Å². The highest BCUT2D eigenvalue weighted by Crippen LogP contribution is 2.30. The number of nitrogens with one attached hydrogen (secondary N) is 1. The zero-order valence-electron chi connectivity index (χ0n) is 10.2. The van der Waals surface area contributed by atoms with Crippen molar-refractivity contribution >= 4 is 31.9 Å². The van der Waals surface area contributed by atoms with E-state index >= 15 is 0 Å². The van der Waals surface area contributed by atoms with Gasteiger partial charge in [0, 0.05) is 28.2 Å². The van der Waals surface area contributed by atoms with Crippen LogP contribution in [0.3, 0.4) is 0 Å². The molecule has 3 nitrogen and oxygen atoms in total. The van der Waals surface area contributed by atoms with E-state index in [1.807, 2.05) is 6.07 Å². The van der Waals surface area contributed by atoms with Gasteiger partial charge in [-0.3, -0.25) is 11.3 Å². The molecule has 1 saturated heterocycles. The van der Waals surface area contributed by atoms with Gasteiger partial charge in [0.05, 0.1) is 0 Å². The fourth-order valence-electron chi connectivity index (χ4n) is 2.39. The van der Waals surface area contributed by atoms with Crippen molar-refractivity contribution in [2.24, 2.45) is 11.8 Å². The standard InChI is InChI=1S/C13H18Br2N2O/c14-11-6-10(7-12(15)8-11)13(17-16)5-9-1-3-18-4-2-9/h6-9,13,17H,1-5,16H2. The predicted octanol–water partition coefficient (Wildman–Crippen LogP) is 3.53. The number of benzene rings is 1. The second kappa shape index (κ2) is 7.01. The highest BCUT2D eigenvalue weighted by atomic mass is 79.9. The second-order valence-corrected chi connectivity index (χ2v) is 6.54. The molecule has 0 amide bonds. The molecule has 5 heteroatoms. The lowest BCUT2D eigenvalue weighted by Gasteiger charge is -2.26. The summed E-state index contributed by atoms with van der Waals surface area (Å²) in [5.41, 5.74) is 4.15. The Morgan fingerprint density at radius 1 is 1.22 bits per heavy atom. The first kappa shape index (κ1) is 14.5. The van der Waals surface area contributed by atoms with Crippen LogP contribution >= 0.6 is 31.9 Å². The van der Waals surface area contributed by atoms with Crippen LogP contribution < -0.4 is 11.3 Å². The Hall–Kier alpha value is 0.0600. The van der Waals surface area contributed by atoms with Gasteiger partial charge in [-0.15, -0.1) is 0 Å². The number of rotatable bonds is 4. The van der Waals surface area contributed by atoms with Gasteiger partial charge in [-0.25, -0.2) is 0 Å². The molecule has 1 aromatic carbocycles. The number of ether oxygens (including phenoxy) is 1. The van der Waals surface area contributed by atoms with Crippen LogP contribution in [0.1, 0.15) is 30.9 Å². The number of hydrogen-bond acceptors (Lipinski definition) is 3. The SMILES string of the molecule is NNC(CC1CCOCC1)c1cc(Br)cc(Br)c1. The van der Waals surface area contributed by atoms with Gasteiger partial charge >= 0.3 is 0 Å². The summed E-state index contributed by atoms with van der Waals surface area (Å²) in [6.07, 6.45) is 3.32. The molecule has 1 aromatic rings. The molecule has 3 N–H and O–H groups in total. The third-order valence-corrected chi connectivity index (χ3v) is 4.31. The fraction of sp³-hybridized carbons (Fsp3) is 0.538. The minimum absolute atomic E-state index is 0.196. The van der Waals surface area contributed by atoms with E-state index in [2.05, 4.69) is 49.4 Å². The minimum atomic E-state index is 0.196. The van der Waals surface area contributed by atoms with Crippen LogP contribution in [0.2, 0.25) is 0 Å². The molecule has 1 heterocycles. The van der Waals surface area contributed by atoms with Gasteiger partial charge in [0.1, 0.15) is 0 Å². The summed E-state index contributed by atoms with van der Waals surface area (Å²) in [5.74, 6) is 6.40. The van der Waals surface area contributed by atoms with Gasteiger partial charge in [-0.05, 0) is 48.9 Å². The van der Waals surface area contributed by atoms with Crippen LogP contribution in [-0.4, -0.2) is 13.2 Å². The molecule has 100 valence electrons. The van der Waals surface area contributed by atoms with Gasteiger partial charge in [-0.1, -0.05) is 31.9 Å². The van der Waals surface area contributed by atoms with Crippen LogP contribution in [-0.2, 0) is 4.74 Å². The van der Waals surface area contributed by atoms with E-state index in [1.54, 1.807) is 0 Å². The molecular formula is C13H18Br2N2O. The molecule has 18 heavy (non-hydrogen) atoms. The van der Waals surface area contributed by atoms with Crippen molar-refractivity contribution in [3.8, 4) is 0 Å². The number of nitrogens with two attached hydrogens (primary N) is 1. The molecule has 1 unspecified atom stereocenters. The normalized spacial score (nSPS) is 18.8. The zero-order chi connectivity index (χ0) is 13.0. The molecule has 1 atom stereocenters. The average Bonchev–Trinajstić information content (AvgIpc) is 2.36. The topological polar surface area (TPSA) is 47.3 Å². The van der Waals surface area contributed by atoms with Crippen molar-refractivity contribution < 1.29 is 4.74 Å². The Morgan fingerprint density at radius 3 is 2.39 bits per heavy atom. The molecule has 0 aromatic heterocycles. The van der Waals surface area contributed by atoms with Gasteiger partial charge in [-0.2, -0.15) is 0 Å². The zero-order valence-corrected chi connectivity index (χ0v) is 13.3. The van der Waals surface area contributed by atoms with Crippen LogP contribution in [0.15, 0.2) is 27.1 Å². The van der Waals surface area contributed by atoms with Crippen molar-refractivity contribution in [3.63, 3.8) is 0 Å². The minimum Gasteiger partial charge on any atom is -0.381 e. The van der Waals surface area contributed by atoms with Gasteiger partial charge in [0.2, 0.25) is 0 Å². The maximum atomic E-state index is 5.71. The quantitative estimate of drug-likeness (QED) is 0.623. The smallest absolute Gasteiger partial charge is 0.0468 e. The first-order chi connectivity index (χ1) is 8.69. The van der Waals surface area contributed by atoms with E-state index in [0.717, 1.165) is 41.4 Å². The van der Waals surface area contributed by atoms with Gasteiger partial charge in [0.25, 0.3) is 0 Å². The number of hydrogen-bond donors (Lipinski definition) is 2. The maximum absolute atomic E-state index is 5.71. The second-order valence-electron chi connectivity index (χ2n) is 4.71. The first-order valence-corrected chi connectivity index (χ1v) is 7.77. The fourth-order valence-corrected chi connectivity index (χ4v) is 3.72.